The van der Waals surface area contributed by atoms with Gasteiger partial charge in [-0.2, -0.15) is 0 Å². The molecule has 5 N–H and O–H groups in total. The van der Waals surface area contributed by atoms with E-state index in [1.54, 1.807) is 0 Å². The number of hydrogen-bond acceptors (Lipinski definition) is 2. The lowest BCUT2D eigenvalue weighted by Crippen LogP contribution is -2.88. The van der Waals surface area contributed by atoms with E-state index < -0.39 is 18.0 Å². The van der Waals surface area contributed by atoms with Gasteiger partial charge in [0.1, 0.15) is 6.04 Å². The first kappa shape index (κ1) is 19.7. The lowest BCUT2D eigenvalue weighted by Gasteiger charge is -2.20. The minimum Gasteiger partial charge on any atom is -0.351 e. The van der Waals surface area contributed by atoms with Gasteiger partial charge in [-0.1, -0.05) is 68.4 Å². The third kappa shape index (κ3) is 5.70. The molecule has 0 unspecified atom stereocenters. The Labute approximate surface area is 155 Å². The number of carbonyl (C=O) groups excluding carboxylic acids is 2. The molecule has 5 nitrogen and oxygen atoms in total. The summed E-state index contributed by atoms with van der Waals surface area (Å²) in [7, 11) is 0. The molecule has 0 aliphatic heterocycles. The number of primary amides is 1. The molecule has 2 aromatic carbocycles. The maximum absolute atomic E-state index is 12.5. The van der Waals surface area contributed by atoms with Crippen LogP contribution in [-0.2, 0) is 11.2 Å². The smallest absolute Gasteiger partial charge is 0.319 e. The van der Waals surface area contributed by atoms with E-state index in [4.69, 9.17) is 5.73 Å². The number of quaternary nitrogens is 1. The van der Waals surface area contributed by atoms with Gasteiger partial charge in [0.05, 0.1) is 0 Å². The molecule has 0 heterocycles. The third-order valence-electron chi connectivity index (χ3n) is 4.32. The number of imide groups is 1. The van der Waals surface area contributed by atoms with Crippen molar-refractivity contribution in [2.75, 3.05) is 0 Å². The molecule has 0 fully saturated rings. The third-order valence-corrected chi connectivity index (χ3v) is 4.32. The maximum Gasteiger partial charge on any atom is 0.319 e. The molecule has 0 bridgehead atoms. The Balaban J connectivity index is 2.16. The first-order valence-electron chi connectivity index (χ1n) is 8.96. The number of hydrogen-bond donors (Lipinski definition) is 3. The van der Waals surface area contributed by atoms with E-state index in [0.29, 0.717) is 5.92 Å². The first-order valence-corrected chi connectivity index (χ1v) is 8.96. The van der Waals surface area contributed by atoms with Crippen molar-refractivity contribution in [3.63, 3.8) is 0 Å². The first-order chi connectivity index (χ1) is 12.4. The van der Waals surface area contributed by atoms with Gasteiger partial charge in [-0.15, -0.1) is 0 Å². The van der Waals surface area contributed by atoms with Crippen molar-refractivity contribution in [2.24, 2.45) is 11.7 Å². The number of benzene rings is 2. The number of rotatable bonds is 7. The highest BCUT2D eigenvalue weighted by Crippen LogP contribution is 2.16. The summed E-state index contributed by atoms with van der Waals surface area (Å²) in [6, 6.07) is 16.5. The second kappa shape index (κ2) is 9.15. The minimum atomic E-state index is -0.838. The van der Waals surface area contributed by atoms with E-state index in [1.165, 1.54) is 5.56 Å². The molecule has 0 aliphatic rings. The lowest BCUT2D eigenvalue weighted by atomic mass is 9.98. The van der Waals surface area contributed by atoms with Gasteiger partial charge in [0.15, 0.2) is 6.04 Å². The van der Waals surface area contributed by atoms with Gasteiger partial charge in [-0.25, -0.2) is 4.79 Å². The predicted octanol–water partition coefficient (Wildman–Crippen LogP) is 2.45. The van der Waals surface area contributed by atoms with E-state index in [-0.39, 0.29) is 6.04 Å². The molecule has 0 radical (unpaired) electrons. The average Bonchev–Trinajstić information content (AvgIpc) is 2.59. The van der Waals surface area contributed by atoms with Gasteiger partial charge in [-0.3, -0.25) is 10.1 Å². The Kier molecular flexibility index (Phi) is 6.92. The van der Waals surface area contributed by atoms with Crippen LogP contribution in [0.15, 0.2) is 54.6 Å². The second-order valence-electron chi connectivity index (χ2n) is 7.06. The minimum absolute atomic E-state index is 0.0481. The van der Waals surface area contributed by atoms with Crippen LogP contribution in [0, 0.1) is 5.92 Å². The van der Waals surface area contributed by atoms with Crippen LogP contribution in [0.1, 0.15) is 49.5 Å². The summed E-state index contributed by atoms with van der Waals surface area (Å²) in [6.07, 6.45) is 1.05. The fraction of sp³-hybridized carbons (Fsp3) is 0.333. The molecule has 26 heavy (non-hydrogen) atoms. The summed E-state index contributed by atoms with van der Waals surface area (Å²) in [6.45, 7) is 6.45. The SMILES string of the molecule is CC(C)Cc1ccc([C@@H](C)[NH2+][C@H](C(=O)NC(N)=O)c2ccccc2)cc1. The average molecular weight is 354 g/mol. The quantitative estimate of drug-likeness (QED) is 0.713. The molecule has 0 saturated carbocycles. The summed E-state index contributed by atoms with van der Waals surface area (Å²) in [5.41, 5.74) is 8.39. The van der Waals surface area contributed by atoms with Crippen molar-refractivity contribution in [1.29, 1.82) is 0 Å². The zero-order chi connectivity index (χ0) is 19.1. The molecule has 2 atom stereocenters. The van der Waals surface area contributed by atoms with Crippen molar-refractivity contribution in [3.8, 4) is 0 Å². The normalized spacial score (nSPS) is 13.2. The topological polar surface area (TPSA) is 88.8 Å². The molecular formula is C21H28N3O2+. The molecule has 2 rings (SSSR count). The summed E-state index contributed by atoms with van der Waals surface area (Å²) < 4.78 is 0. The number of urea groups is 1. The summed E-state index contributed by atoms with van der Waals surface area (Å²) in [5.74, 6) is 0.205. The number of nitrogens with one attached hydrogen (secondary N) is 1. The molecule has 0 aliphatic carbocycles. The number of carbonyl (C=O) groups is 2. The molecule has 0 spiro atoms. The van der Waals surface area contributed by atoms with E-state index in [2.05, 4.69) is 43.4 Å². The molecule has 0 saturated heterocycles. The Morgan fingerprint density at radius 3 is 2.12 bits per heavy atom. The molecule has 5 heteroatoms. The predicted molar refractivity (Wildman–Crippen MR) is 102 cm³/mol. The van der Waals surface area contributed by atoms with Crippen LogP contribution < -0.4 is 16.4 Å². The molecule has 3 amide bonds. The van der Waals surface area contributed by atoms with Crippen LogP contribution in [-0.4, -0.2) is 11.9 Å². The van der Waals surface area contributed by atoms with Gasteiger partial charge < -0.3 is 11.1 Å². The molecule has 0 aromatic heterocycles. The van der Waals surface area contributed by atoms with Gasteiger partial charge >= 0.3 is 6.03 Å². The zero-order valence-corrected chi connectivity index (χ0v) is 15.6. The second-order valence-corrected chi connectivity index (χ2v) is 7.06. The van der Waals surface area contributed by atoms with Crippen molar-refractivity contribution < 1.29 is 14.9 Å². The standard InChI is InChI=1S/C21H27N3O2/c1-14(2)13-16-9-11-17(12-10-16)15(3)23-19(20(25)24-21(22)26)18-7-5-4-6-8-18/h4-12,14-15,19,23H,13H2,1-3H3,(H3,22,24,25,26)/p+1/t15-,19+/m1/s1. The van der Waals surface area contributed by atoms with E-state index in [9.17, 15) is 9.59 Å². The van der Waals surface area contributed by atoms with E-state index >= 15 is 0 Å². The lowest BCUT2D eigenvalue weighted by molar-refractivity contribution is -0.719. The van der Waals surface area contributed by atoms with Crippen LogP contribution in [0.2, 0.25) is 0 Å². The highest BCUT2D eigenvalue weighted by atomic mass is 16.2. The zero-order valence-electron chi connectivity index (χ0n) is 15.6. The Morgan fingerprint density at radius 1 is 0.962 bits per heavy atom. The fourth-order valence-electron chi connectivity index (χ4n) is 3.04. The largest absolute Gasteiger partial charge is 0.351 e. The van der Waals surface area contributed by atoms with Crippen molar-refractivity contribution in [3.05, 3.63) is 71.3 Å². The van der Waals surface area contributed by atoms with Gasteiger partial charge in [0, 0.05) is 11.1 Å². The van der Waals surface area contributed by atoms with Gasteiger partial charge in [0.2, 0.25) is 0 Å². The van der Waals surface area contributed by atoms with E-state index in [0.717, 1.165) is 17.5 Å². The Bertz CT molecular complexity index is 727. The highest BCUT2D eigenvalue weighted by Gasteiger charge is 2.27. The van der Waals surface area contributed by atoms with Crippen LogP contribution in [0.5, 0.6) is 0 Å². The summed E-state index contributed by atoms with van der Waals surface area (Å²) in [5, 5.41) is 4.15. The molecule has 2 aromatic rings. The van der Waals surface area contributed by atoms with E-state index in [1.807, 2.05) is 42.6 Å². The monoisotopic (exact) mass is 354 g/mol. The summed E-state index contributed by atoms with van der Waals surface area (Å²) >= 11 is 0. The Morgan fingerprint density at radius 2 is 1.58 bits per heavy atom. The maximum atomic E-state index is 12.5. The van der Waals surface area contributed by atoms with Crippen LogP contribution in [0.4, 0.5) is 4.79 Å². The highest BCUT2D eigenvalue weighted by molar-refractivity contribution is 5.96. The Hall–Kier alpha value is -2.66. The van der Waals surface area contributed by atoms with Crippen LogP contribution in [0.25, 0.3) is 0 Å². The van der Waals surface area contributed by atoms with Crippen molar-refractivity contribution in [2.45, 2.75) is 39.3 Å². The number of amides is 3. The fourth-order valence-corrected chi connectivity index (χ4v) is 3.04. The van der Waals surface area contributed by atoms with Crippen molar-refractivity contribution >= 4 is 11.9 Å². The van der Waals surface area contributed by atoms with Crippen molar-refractivity contribution in [1.82, 2.24) is 5.32 Å². The number of nitrogens with two attached hydrogens (primary N) is 2. The molecular weight excluding hydrogens is 326 g/mol. The van der Waals surface area contributed by atoms with Crippen LogP contribution in [0.3, 0.4) is 0 Å². The van der Waals surface area contributed by atoms with Gasteiger partial charge in [-0.05, 0) is 24.8 Å². The summed E-state index contributed by atoms with van der Waals surface area (Å²) in [4.78, 5) is 23.6. The van der Waals surface area contributed by atoms with Crippen LogP contribution >= 0.6 is 0 Å². The molecule has 138 valence electrons. The van der Waals surface area contributed by atoms with Gasteiger partial charge in [0.25, 0.3) is 5.91 Å².